The fraction of sp³-hybridized carbons (Fsp3) is 1.00. The number of nitrogens with one attached hydrogen (secondary N) is 1. The molecule has 1 fully saturated rings. The third kappa shape index (κ3) is 3.24. The minimum Gasteiger partial charge on any atom is -0.316 e. The van der Waals surface area contributed by atoms with Gasteiger partial charge in [-0.25, -0.2) is 0 Å². The van der Waals surface area contributed by atoms with Crippen LogP contribution in [0, 0.1) is 11.8 Å². The molecule has 1 N–H and O–H groups in total. The first-order chi connectivity index (χ1) is 5.30. The van der Waals surface area contributed by atoms with Crippen LogP contribution in [0.25, 0.3) is 0 Å². The predicted octanol–water partition coefficient (Wildman–Crippen LogP) is 2.42. The van der Waals surface area contributed by atoms with Gasteiger partial charge in [0.2, 0.25) is 0 Å². The Bertz CT molecular complexity index is 89.0. The molecule has 2 unspecified atom stereocenters. The van der Waals surface area contributed by atoms with Crippen LogP contribution in [0.4, 0.5) is 0 Å². The van der Waals surface area contributed by atoms with E-state index in [0.717, 1.165) is 11.8 Å². The van der Waals surface area contributed by atoms with Crippen LogP contribution in [0.2, 0.25) is 0 Å². The first-order valence-corrected chi connectivity index (χ1v) is 5.01. The van der Waals surface area contributed by atoms with Crippen LogP contribution < -0.4 is 5.32 Å². The Kier molecular flexibility index (Phi) is 3.92. The topological polar surface area (TPSA) is 12.0 Å². The quantitative estimate of drug-likeness (QED) is 0.566. The maximum atomic E-state index is 3.51. The van der Waals surface area contributed by atoms with Crippen LogP contribution in [0.5, 0.6) is 0 Å². The molecule has 0 aliphatic carbocycles. The van der Waals surface area contributed by atoms with E-state index >= 15 is 0 Å². The molecule has 1 saturated heterocycles. The van der Waals surface area contributed by atoms with E-state index in [1.54, 1.807) is 0 Å². The first-order valence-electron chi connectivity index (χ1n) is 5.01. The van der Waals surface area contributed by atoms with Gasteiger partial charge in [0.25, 0.3) is 0 Å². The molecule has 0 aromatic heterocycles. The van der Waals surface area contributed by atoms with Gasteiger partial charge < -0.3 is 5.32 Å². The molecule has 1 nitrogen and oxygen atoms in total. The van der Waals surface area contributed by atoms with Gasteiger partial charge in [-0.3, -0.25) is 0 Å². The molecule has 1 rings (SSSR count). The SMILES string of the molecule is CC1CCCCCNCC1C. The molecule has 11 heavy (non-hydrogen) atoms. The Morgan fingerprint density at radius 1 is 1.00 bits per heavy atom. The van der Waals surface area contributed by atoms with Gasteiger partial charge >= 0.3 is 0 Å². The highest BCUT2D eigenvalue weighted by Gasteiger charge is 2.12. The highest BCUT2D eigenvalue weighted by molar-refractivity contribution is 4.67. The summed E-state index contributed by atoms with van der Waals surface area (Å²) in [6, 6.07) is 0. The maximum Gasteiger partial charge on any atom is -0.00206 e. The van der Waals surface area contributed by atoms with Crippen molar-refractivity contribution in [2.75, 3.05) is 13.1 Å². The van der Waals surface area contributed by atoms with Crippen molar-refractivity contribution in [2.24, 2.45) is 11.8 Å². The Balaban J connectivity index is 2.29. The second-order valence-corrected chi connectivity index (χ2v) is 4.01. The van der Waals surface area contributed by atoms with Crippen molar-refractivity contribution in [1.82, 2.24) is 5.32 Å². The minimum absolute atomic E-state index is 0.869. The fourth-order valence-corrected chi connectivity index (χ4v) is 1.71. The van der Waals surface area contributed by atoms with Crippen molar-refractivity contribution in [2.45, 2.75) is 39.5 Å². The molecule has 0 spiro atoms. The minimum atomic E-state index is 0.869. The van der Waals surface area contributed by atoms with Crippen LogP contribution >= 0.6 is 0 Å². The Hall–Kier alpha value is -0.0400. The smallest absolute Gasteiger partial charge is 0.00206 e. The highest BCUT2D eigenvalue weighted by atomic mass is 14.9. The van der Waals surface area contributed by atoms with Crippen molar-refractivity contribution in [3.8, 4) is 0 Å². The standard InChI is InChI=1S/C10H21N/c1-9-6-4-3-5-7-11-8-10(9)2/h9-11H,3-8H2,1-2H3. The number of rotatable bonds is 0. The lowest BCUT2D eigenvalue weighted by Gasteiger charge is -2.18. The number of hydrogen-bond donors (Lipinski definition) is 1. The molecule has 0 bridgehead atoms. The van der Waals surface area contributed by atoms with Crippen LogP contribution in [0.1, 0.15) is 39.5 Å². The maximum absolute atomic E-state index is 3.51. The Morgan fingerprint density at radius 3 is 2.64 bits per heavy atom. The predicted molar refractivity (Wildman–Crippen MR) is 49.7 cm³/mol. The van der Waals surface area contributed by atoms with Gasteiger partial charge in [0.05, 0.1) is 0 Å². The molecular weight excluding hydrogens is 134 g/mol. The van der Waals surface area contributed by atoms with Crippen LogP contribution in [-0.2, 0) is 0 Å². The molecule has 0 aromatic carbocycles. The van der Waals surface area contributed by atoms with Gasteiger partial charge in [0.15, 0.2) is 0 Å². The zero-order valence-corrected chi connectivity index (χ0v) is 7.90. The van der Waals surface area contributed by atoms with Crippen LogP contribution in [0.15, 0.2) is 0 Å². The van der Waals surface area contributed by atoms with Gasteiger partial charge in [-0.2, -0.15) is 0 Å². The van der Waals surface area contributed by atoms with Crippen molar-refractivity contribution < 1.29 is 0 Å². The number of hydrogen-bond acceptors (Lipinski definition) is 1. The average molecular weight is 155 g/mol. The van der Waals surface area contributed by atoms with Gasteiger partial charge in [-0.15, -0.1) is 0 Å². The summed E-state index contributed by atoms with van der Waals surface area (Å²) in [6.45, 7) is 7.21. The summed E-state index contributed by atoms with van der Waals surface area (Å²) in [7, 11) is 0. The third-order valence-electron chi connectivity index (χ3n) is 2.95. The molecule has 1 aliphatic heterocycles. The molecular formula is C10H21N. The normalized spacial score (nSPS) is 35.5. The van der Waals surface area contributed by atoms with Gasteiger partial charge in [0.1, 0.15) is 0 Å². The van der Waals surface area contributed by atoms with Crippen molar-refractivity contribution in [3.05, 3.63) is 0 Å². The molecule has 0 amide bonds. The lowest BCUT2D eigenvalue weighted by molar-refractivity contribution is 0.352. The average Bonchev–Trinajstić information content (AvgIpc) is 2.07. The molecule has 1 heteroatoms. The van der Waals surface area contributed by atoms with Crippen LogP contribution in [-0.4, -0.2) is 13.1 Å². The van der Waals surface area contributed by atoms with Crippen LogP contribution in [0.3, 0.4) is 0 Å². The van der Waals surface area contributed by atoms with Gasteiger partial charge in [0, 0.05) is 0 Å². The molecule has 2 atom stereocenters. The van der Waals surface area contributed by atoms with E-state index in [-0.39, 0.29) is 0 Å². The summed E-state index contributed by atoms with van der Waals surface area (Å²) < 4.78 is 0. The van der Waals surface area contributed by atoms with Gasteiger partial charge in [-0.05, 0) is 31.3 Å². The van der Waals surface area contributed by atoms with Gasteiger partial charge in [-0.1, -0.05) is 33.1 Å². The van der Waals surface area contributed by atoms with E-state index in [4.69, 9.17) is 0 Å². The fourth-order valence-electron chi connectivity index (χ4n) is 1.71. The van der Waals surface area contributed by atoms with E-state index in [2.05, 4.69) is 19.2 Å². The molecule has 66 valence electrons. The molecule has 1 aliphatic rings. The Morgan fingerprint density at radius 2 is 1.82 bits per heavy atom. The van der Waals surface area contributed by atoms with Crippen molar-refractivity contribution in [3.63, 3.8) is 0 Å². The third-order valence-corrected chi connectivity index (χ3v) is 2.95. The summed E-state index contributed by atoms with van der Waals surface area (Å²) in [5.74, 6) is 1.79. The molecule has 0 saturated carbocycles. The lowest BCUT2D eigenvalue weighted by Crippen LogP contribution is -2.24. The lowest BCUT2D eigenvalue weighted by atomic mass is 9.91. The van der Waals surface area contributed by atoms with Crippen molar-refractivity contribution >= 4 is 0 Å². The zero-order chi connectivity index (χ0) is 8.10. The van der Waals surface area contributed by atoms with E-state index in [1.165, 1.54) is 38.8 Å². The first kappa shape index (κ1) is 9.05. The summed E-state index contributed by atoms with van der Waals surface area (Å²) in [4.78, 5) is 0. The monoisotopic (exact) mass is 155 g/mol. The van der Waals surface area contributed by atoms with E-state index < -0.39 is 0 Å². The van der Waals surface area contributed by atoms with E-state index in [1.807, 2.05) is 0 Å². The van der Waals surface area contributed by atoms with Crippen molar-refractivity contribution in [1.29, 1.82) is 0 Å². The largest absolute Gasteiger partial charge is 0.316 e. The summed E-state index contributed by atoms with van der Waals surface area (Å²) in [5.41, 5.74) is 0. The summed E-state index contributed by atoms with van der Waals surface area (Å²) >= 11 is 0. The second kappa shape index (κ2) is 4.76. The zero-order valence-electron chi connectivity index (χ0n) is 7.90. The highest BCUT2D eigenvalue weighted by Crippen LogP contribution is 2.18. The summed E-state index contributed by atoms with van der Waals surface area (Å²) in [6.07, 6.45) is 5.67. The molecule has 0 radical (unpaired) electrons. The van der Waals surface area contributed by atoms with E-state index in [9.17, 15) is 0 Å². The molecule has 1 heterocycles. The second-order valence-electron chi connectivity index (χ2n) is 4.01. The molecule has 0 aromatic rings. The summed E-state index contributed by atoms with van der Waals surface area (Å²) in [5, 5.41) is 3.51. The van der Waals surface area contributed by atoms with E-state index in [0.29, 0.717) is 0 Å². The Labute approximate surface area is 70.6 Å².